The summed E-state index contributed by atoms with van der Waals surface area (Å²) in [6, 6.07) is 6.11. The van der Waals surface area contributed by atoms with Crippen molar-refractivity contribution in [2.24, 2.45) is 0 Å². The highest BCUT2D eigenvalue weighted by Gasteiger charge is 2.00. The number of aromatic nitrogens is 2. The minimum absolute atomic E-state index is 0.823. The highest BCUT2D eigenvalue weighted by molar-refractivity contribution is 7.16. The number of imidazole rings is 1. The third-order valence-corrected chi connectivity index (χ3v) is 2.25. The number of nitrogens with zero attached hydrogens (tertiary/aromatic N) is 2. The maximum Gasteiger partial charge on any atom is 0.0996 e. The minimum Gasteiger partial charge on any atom is -0.308 e. The molecule has 0 fully saturated rings. The maximum absolute atomic E-state index is 4.32. The molecule has 0 bridgehead atoms. The first kappa shape index (κ1) is 8.67. The summed E-state index contributed by atoms with van der Waals surface area (Å²) in [4.78, 5) is 4.32. The number of hydrogen-bond donors (Lipinski definition) is 1. The fourth-order valence-corrected chi connectivity index (χ4v) is 1.47. The first-order valence-corrected chi connectivity index (χ1v) is 5.05. The van der Waals surface area contributed by atoms with Crippen LogP contribution >= 0.6 is 9.24 Å². The van der Waals surface area contributed by atoms with Gasteiger partial charge in [0.1, 0.15) is 0 Å². The Morgan fingerprint density at radius 2 is 2.38 bits per heavy atom. The van der Waals surface area contributed by atoms with E-state index in [0.29, 0.717) is 0 Å². The molecule has 2 heterocycles. The SMILES string of the molecule is PCNCc1ncn2ccccc12. The Morgan fingerprint density at radius 3 is 3.23 bits per heavy atom. The molecule has 3 nitrogen and oxygen atoms in total. The first-order chi connectivity index (χ1) is 6.42. The summed E-state index contributed by atoms with van der Waals surface area (Å²) in [6.45, 7) is 0.823. The first-order valence-electron chi connectivity index (χ1n) is 4.23. The van der Waals surface area contributed by atoms with Gasteiger partial charge in [-0.1, -0.05) is 6.07 Å². The summed E-state index contributed by atoms with van der Waals surface area (Å²) < 4.78 is 2.03. The van der Waals surface area contributed by atoms with Crippen molar-refractivity contribution < 1.29 is 0 Å². The van der Waals surface area contributed by atoms with E-state index in [1.165, 1.54) is 5.52 Å². The molecule has 1 atom stereocenters. The number of nitrogens with one attached hydrogen (secondary N) is 1. The molecule has 0 amide bonds. The predicted octanol–water partition coefficient (Wildman–Crippen LogP) is 1.26. The van der Waals surface area contributed by atoms with Gasteiger partial charge in [-0.25, -0.2) is 4.98 Å². The van der Waals surface area contributed by atoms with Gasteiger partial charge in [0.2, 0.25) is 0 Å². The van der Waals surface area contributed by atoms with Crippen LogP contribution in [0.4, 0.5) is 0 Å². The van der Waals surface area contributed by atoms with Gasteiger partial charge in [-0.3, -0.25) is 0 Å². The normalized spacial score (nSPS) is 10.8. The molecule has 0 aliphatic rings. The third-order valence-electron chi connectivity index (χ3n) is 1.96. The zero-order chi connectivity index (χ0) is 9.10. The second-order valence-electron chi connectivity index (χ2n) is 2.82. The Kier molecular flexibility index (Phi) is 2.57. The summed E-state index contributed by atoms with van der Waals surface area (Å²) in [5.74, 6) is 0. The van der Waals surface area contributed by atoms with E-state index in [2.05, 4.69) is 25.6 Å². The zero-order valence-electron chi connectivity index (χ0n) is 7.27. The van der Waals surface area contributed by atoms with E-state index >= 15 is 0 Å². The van der Waals surface area contributed by atoms with Crippen LogP contribution in [0, 0.1) is 0 Å². The van der Waals surface area contributed by atoms with Gasteiger partial charge >= 0.3 is 0 Å². The van der Waals surface area contributed by atoms with Crippen molar-refractivity contribution in [3.8, 4) is 0 Å². The van der Waals surface area contributed by atoms with Gasteiger partial charge in [-0.15, -0.1) is 9.24 Å². The van der Waals surface area contributed by atoms with Gasteiger partial charge in [0.05, 0.1) is 17.5 Å². The third kappa shape index (κ3) is 1.71. The molecule has 0 aromatic carbocycles. The van der Waals surface area contributed by atoms with E-state index in [1.54, 1.807) is 0 Å². The molecule has 2 rings (SSSR count). The summed E-state index contributed by atoms with van der Waals surface area (Å²) >= 11 is 0. The topological polar surface area (TPSA) is 29.3 Å². The van der Waals surface area contributed by atoms with Crippen LogP contribution in [-0.4, -0.2) is 15.7 Å². The monoisotopic (exact) mass is 193 g/mol. The van der Waals surface area contributed by atoms with Gasteiger partial charge in [0, 0.05) is 19.0 Å². The van der Waals surface area contributed by atoms with Crippen molar-refractivity contribution in [1.82, 2.24) is 14.7 Å². The van der Waals surface area contributed by atoms with E-state index in [1.807, 2.05) is 29.1 Å². The Hall–Kier alpha value is -0.920. The molecule has 0 radical (unpaired) electrons. The van der Waals surface area contributed by atoms with Gasteiger partial charge in [0.25, 0.3) is 0 Å². The molecule has 1 unspecified atom stereocenters. The quantitative estimate of drug-likeness (QED) is 0.743. The van der Waals surface area contributed by atoms with E-state index in [4.69, 9.17) is 0 Å². The lowest BCUT2D eigenvalue weighted by Gasteiger charge is -1.98. The minimum atomic E-state index is 0.823. The van der Waals surface area contributed by atoms with Crippen LogP contribution in [0.15, 0.2) is 30.7 Å². The second kappa shape index (κ2) is 3.86. The summed E-state index contributed by atoms with van der Waals surface area (Å²) in [5, 5.41) is 3.23. The van der Waals surface area contributed by atoms with Crippen LogP contribution in [0.1, 0.15) is 5.69 Å². The van der Waals surface area contributed by atoms with Gasteiger partial charge in [-0.2, -0.15) is 0 Å². The van der Waals surface area contributed by atoms with Gasteiger partial charge in [-0.05, 0) is 12.1 Å². The standard InChI is InChI=1S/C9H12N3P/c13-7-10-5-8-9-3-1-2-4-12(9)6-11-8/h1-4,6,10H,5,7,13H2. The van der Waals surface area contributed by atoms with Crippen LogP contribution < -0.4 is 5.32 Å². The molecule has 68 valence electrons. The van der Waals surface area contributed by atoms with Crippen LogP contribution in [-0.2, 0) is 6.54 Å². The van der Waals surface area contributed by atoms with Crippen molar-refractivity contribution in [2.45, 2.75) is 6.54 Å². The Labute approximate surface area is 79.4 Å². The Bertz CT molecular complexity index is 396. The van der Waals surface area contributed by atoms with Crippen molar-refractivity contribution in [3.63, 3.8) is 0 Å². The average molecular weight is 193 g/mol. The number of pyridine rings is 1. The molecule has 0 saturated heterocycles. The van der Waals surface area contributed by atoms with E-state index in [0.717, 1.165) is 18.5 Å². The van der Waals surface area contributed by atoms with Crippen molar-refractivity contribution in [2.75, 3.05) is 6.29 Å². The second-order valence-corrected chi connectivity index (χ2v) is 3.22. The molecule has 2 aromatic heterocycles. The van der Waals surface area contributed by atoms with E-state index < -0.39 is 0 Å². The summed E-state index contributed by atoms with van der Waals surface area (Å²) in [5.41, 5.74) is 2.27. The lowest BCUT2D eigenvalue weighted by Crippen LogP contribution is -2.10. The van der Waals surface area contributed by atoms with Crippen LogP contribution in [0.2, 0.25) is 0 Å². The number of fused-ring (bicyclic) bond motifs is 1. The lowest BCUT2D eigenvalue weighted by atomic mass is 10.3. The van der Waals surface area contributed by atoms with E-state index in [-0.39, 0.29) is 0 Å². The fourth-order valence-electron chi connectivity index (χ4n) is 1.33. The molecular formula is C9H12N3P. The van der Waals surface area contributed by atoms with Crippen molar-refractivity contribution in [3.05, 3.63) is 36.4 Å². The van der Waals surface area contributed by atoms with E-state index in [9.17, 15) is 0 Å². The molecule has 13 heavy (non-hydrogen) atoms. The summed E-state index contributed by atoms with van der Waals surface area (Å²) in [6.07, 6.45) is 4.74. The highest BCUT2D eigenvalue weighted by atomic mass is 31.0. The van der Waals surface area contributed by atoms with Crippen LogP contribution in [0.5, 0.6) is 0 Å². The molecule has 4 heteroatoms. The molecular weight excluding hydrogens is 181 g/mol. The Balaban J connectivity index is 2.35. The lowest BCUT2D eigenvalue weighted by molar-refractivity contribution is 0.782. The smallest absolute Gasteiger partial charge is 0.0996 e. The summed E-state index contributed by atoms with van der Waals surface area (Å²) in [7, 11) is 2.64. The fraction of sp³-hybridized carbons (Fsp3) is 0.222. The molecule has 0 spiro atoms. The van der Waals surface area contributed by atoms with Crippen molar-refractivity contribution >= 4 is 14.8 Å². The molecule has 1 N–H and O–H groups in total. The number of rotatable bonds is 3. The van der Waals surface area contributed by atoms with Crippen LogP contribution in [0.3, 0.4) is 0 Å². The molecule has 0 aliphatic heterocycles. The highest BCUT2D eigenvalue weighted by Crippen LogP contribution is 2.08. The van der Waals surface area contributed by atoms with Crippen molar-refractivity contribution in [1.29, 1.82) is 0 Å². The zero-order valence-corrected chi connectivity index (χ0v) is 8.43. The largest absolute Gasteiger partial charge is 0.308 e. The Morgan fingerprint density at radius 1 is 1.46 bits per heavy atom. The van der Waals surface area contributed by atoms with Gasteiger partial charge in [0.15, 0.2) is 0 Å². The molecule has 0 saturated carbocycles. The maximum atomic E-state index is 4.32. The molecule has 2 aromatic rings. The van der Waals surface area contributed by atoms with Gasteiger partial charge < -0.3 is 9.72 Å². The average Bonchev–Trinajstić information content (AvgIpc) is 2.58. The predicted molar refractivity (Wildman–Crippen MR) is 56.6 cm³/mol. The molecule has 0 aliphatic carbocycles. The van der Waals surface area contributed by atoms with Crippen LogP contribution in [0.25, 0.3) is 5.52 Å². The number of hydrogen-bond acceptors (Lipinski definition) is 2.